The van der Waals surface area contributed by atoms with Crippen LogP contribution in [-0.4, -0.2) is 23.3 Å². The fourth-order valence-electron chi connectivity index (χ4n) is 3.43. The molecular weight excluding hydrogens is 452 g/mol. The first-order valence-electron chi connectivity index (χ1n) is 11.6. The average molecular weight is 481 g/mol. The van der Waals surface area contributed by atoms with Crippen LogP contribution in [0.15, 0.2) is 105 Å². The van der Waals surface area contributed by atoms with E-state index < -0.39 is 0 Å². The SMILES string of the molecule is Cc1cc(O)ccc1/N=N/c1ccc(NCCNc2ccc(/N=N/c3ccc(O)cc3C)cc2)cc1. The van der Waals surface area contributed by atoms with Crippen LogP contribution in [-0.2, 0) is 0 Å². The molecule has 0 aliphatic heterocycles. The van der Waals surface area contributed by atoms with Gasteiger partial charge in [0.2, 0.25) is 0 Å². The molecule has 0 bridgehead atoms. The number of aromatic hydroxyl groups is 2. The largest absolute Gasteiger partial charge is 0.508 e. The molecule has 4 aromatic carbocycles. The van der Waals surface area contributed by atoms with Gasteiger partial charge in [-0.3, -0.25) is 0 Å². The summed E-state index contributed by atoms with van der Waals surface area (Å²) >= 11 is 0. The van der Waals surface area contributed by atoms with Crippen molar-refractivity contribution in [3.63, 3.8) is 0 Å². The third kappa shape index (κ3) is 6.89. The normalized spacial score (nSPS) is 11.3. The molecule has 0 radical (unpaired) electrons. The van der Waals surface area contributed by atoms with Gasteiger partial charge >= 0.3 is 0 Å². The van der Waals surface area contributed by atoms with Crippen LogP contribution in [0.1, 0.15) is 11.1 Å². The Morgan fingerprint density at radius 1 is 0.528 bits per heavy atom. The molecule has 8 heteroatoms. The average Bonchev–Trinajstić information content (AvgIpc) is 2.87. The maximum absolute atomic E-state index is 9.49. The lowest BCUT2D eigenvalue weighted by atomic mass is 10.2. The zero-order chi connectivity index (χ0) is 25.3. The molecule has 0 saturated carbocycles. The predicted molar refractivity (Wildman–Crippen MR) is 144 cm³/mol. The number of azo groups is 2. The van der Waals surface area contributed by atoms with Crippen molar-refractivity contribution in [2.24, 2.45) is 20.5 Å². The monoisotopic (exact) mass is 480 g/mol. The standard InChI is InChI=1S/C28H28N6O2/c1-19-17-25(35)11-13-27(19)33-31-23-7-3-21(4-8-23)29-15-16-30-22-5-9-24(10-6-22)32-34-28-14-12-26(36)18-20(28)2/h3-14,17-18,29-30,35-36H,15-16H2,1-2H3/b33-31+,34-32+. The number of benzene rings is 4. The number of nitrogens with one attached hydrogen (secondary N) is 2. The summed E-state index contributed by atoms with van der Waals surface area (Å²) in [5, 5.41) is 42.8. The van der Waals surface area contributed by atoms with Gasteiger partial charge in [-0.2, -0.15) is 20.5 Å². The molecule has 4 aromatic rings. The number of hydrogen-bond donors (Lipinski definition) is 4. The van der Waals surface area contributed by atoms with Crippen LogP contribution in [0.25, 0.3) is 0 Å². The summed E-state index contributed by atoms with van der Waals surface area (Å²) < 4.78 is 0. The van der Waals surface area contributed by atoms with Gasteiger partial charge in [0.1, 0.15) is 11.5 Å². The number of hydrogen-bond acceptors (Lipinski definition) is 8. The third-order valence-corrected chi connectivity index (χ3v) is 5.43. The minimum absolute atomic E-state index is 0.219. The molecule has 0 aliphatic rings. The Hall–Kier alpha value is -4.72. The fraction of sp³-hybridized carbons (Fsp3) is 0.143. The van der Waals surface area contributed by atoms with Gasteiger partial charge in [0.15, 0.2) is 0 Å². The highest BCUT2D eigenvalue weighted by Gasteiger charge is 2.00. The summed E-state index contributed by atoms with van der Waals surface area (Å²) in [6, 6.07) is 25.5. The molecule has 4 N–H and O–H groups in total. The van der Waals surface area contributed by atoms with Crippen molar-refractivity contribution >= 4 is 34.1 Å². The quantitative estimate of drug-likeness (QED) is 0.143. The lowest BCUT2D eigenvalue weighted by molar-refractivity contribution is 0.474. The van der Waals surface area contributed by atoms with E-state index in [4.69, 9.17) is 0 Å². The minimum atomic E-state index is 0.219. The third-order valence-electron chi connectivity index (χ3n) is 5.43. The van der Waals surface area contributed by atoms with Crippen LogP contribution in [0.4, 0.5) is 34.1 Å². The molecule has 4 rings (SSSR count). The number of rotatable bonds is 9. The molecular formula is C28H28N6O2. The molecule has 0 heterocycles. The Morgan fingerprint density at radius 3 is 1.28 bits per heavy atom. The van der Waals surface area contributed by atoms with E-state index in [0.717, 1.165) is 58.3 Å². The van der Waals surface area contributed by atoms with Crippen LogP contribution in [0.5, 0.6) is 11.5 Å². The number of phenolic OH excluding ortho intramolecular Hbond substituents is 2. The van der Waals surface area contributed by atoms with Crippen molar-refractivity contribution in [3.8, 4) is 11.5 Å². The molecule has 8 nitrogen and oxygen atoms in total. The van der Waals surface area contributed by atoms with Crippen LogP contribution in [0, 0.1) is 13.8 Å². The van der Waals surface area contributed by atoms with Gasteiger partial charge in [0, 0.05) is 24.5 Å². The first-order chi connectivity index (χ1) is 17.5. The molecule has 0 amide bonds. The van der Waals surface area contributed by atoms with Gasteiger partial charge in [-0.1, -0.05) is 0 Å². The summed E-state index contributed by atoms with van der Waals surface area (Å²) in [6.45, 7) is 5.26. The Bertz CT molecular complexity index is 1260. The van der Waals surface area contributed by atoms with E-state index in [1.165, 1.54) is 0 Å². The molecule has 0 spiro atoms. The van der Waals surface area contributed by atoms with Crippen LogP contribution < -0.4 is 10.6 Å². The van der Waals surface area contributed by atoms with Gasteiger partial charge < -0.3 is 20.8 Å². The highest BCUT2D eigenvalue weighted by Crippen LogP contribution is 2.27. The molecule has 0 saturated heterocycles. The van der Waals surface area contributed by atoms with Crippen molar-refractivity contribution in [3.05, 3.63) is 96.1 Å². The van der Waals surface area contributed by atoms with E-state index in [1.54, 1.807) is 36.4 Å². The summed E-state index contributed by atoms with van der Waals surface area (Å²) in [5.41, 5.74) is 6.69. The Kier molecular flexibility index (Phi) is 7.87. The highest BCUT2D eigenvalue weighted by molar-refractivity contribution is 5.54. The second kappa shape index (κ2) is 11.6. The second-order valence-corrected chi connectivity index (χ2v) is 8.29. The molecule has 0 unspecified atom stereocenters. The van der Waals surface area contributed by atoms with E-state index in [1.807, 2.05) is 62.4 Å². The predicted octanol–water partition coefficient (Wildman–Crippen LogP) is 8.07. The number of phenols is 2. The van der Waals surface area contributed by atoms with Gasteiger partial charge in [0.05, 0.1) is 22.7 Å². The molecule has 0 fully saturated rings. The molecule has 0 aliphatic carbocycles. The molecule has 0 atom stereocenters. The first-order valence-corrected chi connectivity index (χ1v) is 11.6. The summed E-state index contributed by atoms with van der Waals surface area (Å²) in [7, 11) is 0. The van der Waals surface area contributed by atoms with Crippen molar-refractivity contribution < 1.29 is 10.2 Å². The lowest BCUT2D eigenvalue weighted by Crippen LogP contribution is -2.13. The highest BCUT2D eigenvalue weighted by atomic mass is 16.3. The first kappa shape index (κ1) is 24.4. The maximum Gasteiger partial charge on any atom is 0.115 e. The van der Waals surface area contributed by atoms with E-state index in [2.05, 4.69) is 31.1 Å². The Balaban J connectivity index is 1.22. The van der Waals surface area contributed by atoms with Gasteiger partial charge in [0.25, 0.3) is 0 Å². The maximum atomic E-state index is 9.49. The number of anilines is 2. The van der Waals surface area contributed by atoms with Crippen molar-refractivity contribution in [1.29, 1.82) is 0 Å². The Labute approximate surface area is 210 Å². The van der Waals surface area contributed by atoms with Gasteiger partial charge in [-0.15, -0.1) is 0 Å². The number of aryl methyl sites for hydroxylation is 2. The zero-order valence-corrected chi connectivity index (χ0v) is 20.2. The minimum Gasteiger partial charge on any atom is -0.508 e. The van der Waals surface area contributed by atoms with Gasteiger partial charge in [-0.05, 0) is 110 Å². The summed E-state index contributed by atoms with van der Waals surface area (Å²) in [6.07, 6.45) is 0. The van der Waals surface area contributed by atoms with Crippen molar-refractivity contribution in [2.75, 3.05) is 23.7 Å². The number of nitrogens with zero attached hydrogens (tertiary/aromatic N) is 4. The van der Waals surface area contributed by atoms with E-state index in [-0.39, 0.29) is 11.5 Å². The Morgan fingerprint density at radius 2 is 0.917 bits per heavy atom. The van der Waals surface area contributed by atoms with Crippen molar-refractivity contribution in [2.45, 2.75) is 13.8 Å². The topological polar surface area (TPSA) is 114 Å². The second-order valence-electron chi connectivity index (χ2n) is 8.29. The van der Waals surface area contributed by atoms with Crippen LogP contribution in [0.3, 0.4) is 0 Å². The summed E-state index contributed by atoms with van der Waals surface area (Å²) in [4.78, 5) is 0. The zero-order valence-electron chi connectivity index (χ0n) is 20.2. The molecule has 182 valence electrons. The lowest BCUT2D eigenvalue weighted by Gasteiger charge is -2.09. The van der Waals surface area contributed by atoms with E-state index >= 15 is 0 Å². The smallest absolute Gasteiger partial charge is 0.115 e. The van der Waals surface area contributed by atoms with Crippen LogP contribution in [0.2, 0.25) is 0 Å². The van der Waals surface area contributed by atoms with Crippen molar-refractivity contribution in [1.82, 2.24) is 0 Å². The summed E-state index contributed by atoms with van der Waals surface area (Å²) in [5.74, 6) is 0.439. The fourth-order valence-corrected chi connectivity index (χ4v) is 3.43. The van der Waals surface area contributed by atoms with E-state index in [9.17, 15) is 10.2 Å². The van der Waals surface area contributed by atoms with Gasteiger partial charge in [-0.25, -0.2) is 0 Å². The molecule has 0 aromatic heterocycles. The van der Waals surface area contributed by atoms with E-state index in [0.29, 0.717) is 0 Å². The van der Waals surface area contributed by atoms with Crippen LogP contribution >= 0.6 is 0 Å². The molecule has 36 heavy (non-hydrogen) atoms.